The van der Waals surface area contributed by atoms with Gasteiger partial charge in [-0.15, -0.1) is 0 Å². The second kappa shape index (κ2) is 8.79. The number of ether oxygens (including phenoxy) is 1. The maximum Gasteiger partial charge on any atom is 0.148 e. The van der Waals surface area contributed by atoms with Crippen molar-refractivity contribution >= 4 is 11.6 Å². The number of aromatic nitrogens is 2. The van der Waals surface area contributed by atoms with E-state index in [2.05, 4.69) is 48.4 Å². The van der Waals surface area contributed by atoms with Gasteiger partial charge >= 0.3 is 0 Å². The summed E-state index contributed by atoms with van der Waals surface area (Å²) in [6.45, 7) is 11.9. The summed E-state index contributed by atoms with van der Waals surface area (Å²) in [5, 5.41) is 3.37. The molecule has 0 aliphatic rings. The quantitative estimate of drug-likeness (QED) is 0.369. The van der Waals surface area contributed by atoms with Crippen molar-refractivity contribution in [3.8, 4) is 0 Å². The van der Waals surface area contributed by atoms with Gasteiger partial charge in [0, 0.05) is 24.6 Å². The number of nitrogen functional groups attached to an aromatic ring is 1. The first-order valence-electron chi connectivity index (χ1n) is 7.66. The maximum absolute atomic E-state index is 5.53. The molecule has 0 aliphatic carbocycles. The fourth-order valence-corrected chi connectivity index (χ4v) is 1.86. The van der Waals surface area contributed by atoms with E-state index in [1.54, 1.807) is 0 Å². The Labute approximate surface area is 127 Å². The van der Waals surface area contributed by atoms with E-state index in [0.29, 0.717) is 11.9 Å². The molecule has 0 aromatic carbocycles. The van der Waals surface area contributed by atoms with Crippen LogP contribution in [-0.4, -0.2) is 29.2 Å². The molecule has 0 atom stereocenters. The van der Waals surface area contributed by atoms with Crippen molar-refractivity contribution < 1.29 is 4.74 Å². The van der Waals surface area contributed by atoms with Gasteiger partial charge in [0.1, 0.15) is 17.5 Å². The topological polar surface area (TPSA) is 85.1 Å². The molecule has 0 spiro atoms. The summed E-state index contributed by atoms with van der Waals surface area (Å²) in [5.74, 6) is 8.11. The maximum atomic E-state index is 5.53. The van der Waals surface area contributed by atoms with E-state index in [9.17, 15) is 0 Å². The van der Waals surface area contributed by atoms with Crippen LogP contribution >= 0.6 is 0 Å². The van der Waals surface area contributed by atoms with E-state index in [1.165, 1.54) is 0 Å². The molecule has 1 aromatic heterocycles. The number of hydrazine groups is 1. The molecule has 0 saturated heterocycles. The molecular weight excluding hydrogens is 266 g/mol. The van der Waals surface area contributed by atoms with Crippen molar-refractivity contribution in [1.82, 2.24) is 9.97 Å². The SMILES string of the molecule is Cc1c(NN)nc(C(C)C)nc1NCCCCOC(C)C. The highest BCUT2D eigenvalue weighted by molar-refractivity contribution is 5.56. The highest BCUT2D eigenvalue weighted by atomic mass is 16.5. The number of hydrogen-bond acceptors (Lipinski definition) is 6. The first kappa shape index (κ1) is 17.7. The molecule has 0 radical (unpaired) electrons. The van der Waals surface area contributed by atoms with Gasteiger partial charge in [-0.2, -0.15) is 0 Å². The van der Waals surface area contributed by atoms with Crippen LogP contribution in [0.3, 0.4) is 0 Å². The van der Waals surface area contributed by atoms with Gasteiger partial charge in [-0.1, -0.05) is 13.8 Å². The van der Waals surface area contributed by atoms with Crippen LogP contribution in [0.25, 0.3) is 0 Å². The average molecular weight is 295 g/mol. The molecule has 1 heterocycles. The highest BCUT2D eigenvalue weighted by Crippen LogP contribution is 2.22. The predicted octanol–water partition coefficient (Wildman–Crippen LogP) is 2.81. The van der Waals surface area contributed by atoms with Crippen LogP contribution in [0.4, 0.5) is 11.6 Å². The van der Waals surface area contributed by atoms with Gasteiger partial charge in [-0.3, -0.25) is 0 Å². The summed E-state index contributed by atoms with van der Waals surface area (Å²) in [6.07, 6.45) is 2.38. The van der Waals surface area contributed by atoms with Gasteiger partial charge in [0.05, 0.1) is 6.10 Å². The Morgan fingerprint density at radius 3 is 2.33 bits per heavy atom. The molecule has 1 rings (SSSR count). The Hall–Kier alpha value is -1.40. The molecule has 0 amide bonds. The molecule has 120 valence electrons. The zero-order valence-corrected chi connectivity index (χ0v) is 13.9. The lowest BCUT2D eigenvalue weighted by Crippen LogP contribution is -2.16. The lowest BCUT2D eigenvalue weighted by molar-refractivity contribution is 0.0765. The number of rotatable bonds is 9. The van der Waals surface area contributed by atoms with Crippen molar-refractivity contribution in [2.75, 3.05) is 23.9 Å². The second-order valence-corrected chi connectivity index (χ2v) is 5.76. The summed E-state index contributed by atoms with van der Waals surface area (Å²) in [4.78, 5) is 9.00. The summed E-state index contributed by atoms with van der Waals surface area (Å²) in [7, 11) is 0. The number of nitrogens with one attached hydrogen (secondary N) is 2. The molecule has 1 aromatic rings. The first-order valence-corrected chi connectivity index (χ1v) is 7.66. The van der Waals surface area contributed by atoms with Crippen LogP contribution in [0, 0.1) is 6.92 Å². The van der Waals surface area contributed by atoms with Crippen LogP contribution in [-0.2, 0) is 4.74 Å². The molecule has 0 fully saturated rings. The summed E-state index contributed by atoms with van der Waals surface area (Å²) < 4.78 is 5.52. The van der Waals surface area contributed by atoms with Gasteiger partial charge in [0.25, 0.3) is 0 Å². The van der Waals surface area contributed by atoms with Crippen LogP contribution in [0.15, 0.2) is 0 Å². The third-order valence-electron chi connectivity index (χ3n) is 3.13. The van der Waals surface area contributed by atoms with Crippen LogP contribution < -0.4 is 16.6 Å². The van der Waals surface area contributed by atoms with Crippen LogP contribution in [0.5, 0.6) is 0 Å². The molecular formula is C15H29N5O. The number of anilines is 2. The zero-order chi connectivity index (χ0) is 15.8. The van der Waals surface area contributed by atoms with E-state index in [0.717, 1.165) is 43.2 Å². The predicted molar refractivity (Wildman–Crippen MR) is 87.5 cm³/mol. The highest BCUT2D eigenvalue weighted by Gasteiger charge is 2.12. The van der Waals surface area contributed by atoms with Gasteiger partial charge < -0.3 is 15.5 Å². The number of unbranched alkanes of at least 4 members (excludes halogenated alkanes) is 1. The first-order chi connectivity index (χ1) is 9.95. The largest absolute Gasteiger partial charge is 0.379 e. The number of nitrogens with zero attached hydrogens (tertiary/aromatic N) is 2. The lowest BCUT2D eigenvalue weighted by atomic mass is 10.2. The summed E-state index contributed by atoms with van der Waals surface area (Å²) in [6, 6.07) is 0. The van der Waals surface area contributed by atoms with E-state index < -0.39 is 0 Å². The fraction of sp³-hybridized carbons (Fsp3) is 0.733. The van der Waals surface area contributed by atoms with Crippen molar-refractivity contribution in [3.05, 3.63) is 11.4 Å². The molecule has 0 saturated carbocycles. The van der Waals surface area contributed by atoms with Gasteiger partial charge in [-0.25, -0.2) is 15.8 Å². The minimum absolute atomic E-state index is 0.262. The number of hydrogen-bond donors (Lipinski definition) is 3. The van der Waals surface area contributed by atoms with Crippen LogP contribution in [0.1, 0.15) is 57.8 Å². The minimum atomic E-state index is 0.262. The normalized spacial score (nSPS) is 11.2. The van der Waals surface area contributed by atoms with Crippen molar-refractivity contribution in [1.29, 1.82) is 0 Å². The minimum Gasteiger partial charge on any atom is -0.379 e. The summed E-state index contributed by atoms with van der Waals surface area (Å²) in [5.41, 5.74) is 3.59. The Kier molecular flexibility index (Phi) is 7.39. The second-order valence-electron chi connectivity index (χ2n) is 5.76. The van der Waals surface area contributed by atoms with Gasteiger partial charge in [-0.05, 0) is 33.6 Å². The smallest absolute Gasteiger partial charge is 0.148 e. The molecule has 21 heavy (non-hydrogen) atoms. The van der Waals surface area contributed by atoms with Crippen molar-refractivity contribution in [3.63, 3.8) is 0 Å². The van der Waals surface area contributed by atoms with Gasteiger partial charge in [0.2, 0.25) is 0 Å². The summed E-state index contributed by atoms with van der Waals surface area (Å²) >= 11 is 0. The standard InChI is InChI=1S/C15H29N5O/c1-10(2)13-18-14(12(5)15(19-13)20-16)17-8-6-7-9-21-11(3)4/h10-11H,6-9,16H2,1-5H3,(H2,17,18,19,20). The monoisotopic (exact) mass is 295 g/mol. The molecule has 6 heteroatoms. The fourth-order valence-electron chi connectivity index (χ4n) is 1.86. The Morgan fingerprint density at radius 1 is 1.10 bits per heavy atom. The average Bonchev–Trinajstić information content (AvgIpc) is 2.43. The Morgan fingerprint density at radius 2 is 1.76 bits per heavy atom. The molecule has 0 aliphatic heterocycles. The van der Waals surface area contributed by atoms with E-state index >= 15 is 0 Å². The van der Waals surface area contributed by atoms with Crippen molar-refractivity contribution in [2.24, 2.45) is 5.84 Å². The zero-order valence-electron chi connectivity index (χ0n) is 13.9. The van der Waals surface area contributed by atoms with E-state index in [4.69, 9.17) is 10.6 Å². The van der Waals surface area contributed by atoms with Crippen LogP contribution in [0.2, 0.25) is 0 Å². The molecule has 0 bridgehead atoms. The lowest BCUT2D eigenvalue weighted by Gasteiger charge is -2.15. The van der Waals surface area contributed by atoms with E-state index in [1.807, 2.05) is 6.92 Å². The Balaban J connectivity index is 2.55. The van der Waals surface area contributed by atoms with Gasteiger partial charge in [0.15, 0.2) is 0 Å². The van der Waals surface area contributed by atoms with Crippen molar-refractivity contribution in [2.45, 2.75) is 59.5 Å². The Bertz CT molecular complexity index is 434. The third kappa shape index (κ3) is 5.85. The molecule has 4 N–H and O–H groups in total. The molecule has 6 nitrogen and oxygen atoms in total. The third-order valence-corrected chi connectivity index (χ3v) is 3.13. The molecule has 0 unspecified atom stereocenters. The number of nitrogens with two attached hydrogens (primary N) is 1. The van der Waals surface area contributed by atoms with E-state index in [-0.39, 0.29) is 5.92 Å².